The van der Waals surface area contributed by atoms with Crippen LogP contribution in [0.1, 0.15) is 148 Å². The lowest BCUT2D eigenvalue weighted by Gasteiger charge is -2.60. The number of benzene rings is 2. The quantitative estimate of drug-likeness (QED) is 0.0309. The molecule has 0 aromatic heterocycles. The average molecular weight is 992 g/mol. The summed E-state index contributed by atoms with van der Waals surface area (Å²) in [5.74, 6) is -0.678. The van der Waals surface area contributed by atoms with Crippen LogP contribution in [0.2, 0.25) is 0 Å². The van der Waals surface area contributed by atoms with Gasteiger partial charge in [-0.3, -0.25) is 10.1 Å². The van der Waals surface area contributed by atoms with Gasteiger partial charge < -0.3 is 53.5 Å². The maximum Gasteiger partial charge on any atom is 0.417 e. The topological polar surface area (TPSA) is 187 Å². The highest BCUT2D eigenvalue weighted by molar-refractivity contribution is 6.03. The van der Waals surface area contributed by atoms with Gasteiger partial charge in [-0.25, -0.2) is 4.79 Å². The second kappa shape index (κ2) is 29.1. The largest absolute Gasteiger partial charge is 0.497 e. The number of nitrogens with zero attached hydrogens (tertiary/aromatic N) is 2. The second-order valence-corrected chi connectivity index (χ2v) is 20.1. The molecule has 6 unspecified atom stereocenters. The average Bonchev–Trinajstić information content (AvgIpc) is 3.35. The molecule has 1 heterocycles. The molecule has 0 spiro atoms. The normalized spacial score (nSPS) is 21.8. The van der Waals surface area contributed by atoms with E-state index in [0.29, 0.717) is 47.9 Å². The fourth-order valence-electron chi connectivity index (χ4n) is 10.6. The number of aliphatic hydroxyl groups excluding tert-OH is 3. The summed E-state index contributed by atoms with van der Waals surface area (Å²) in [5.41, 5.74) is 2.15. The Labute approximate surface area is 423 Å². The molecule has 1 saturated carbocycles. The predicted octanol–water partition coefficient (Wildman–Crippen LogP) is 10.5. The molecule has 0 radical (unpaired) electrons. The number of fused-ring (bicyclic) bond motifs is 2. The number of ether oxygens (including phenoxy) is 6. The maximum absolute atomic E-state index is 15.0. The smallest absolute Gasteiger partial charge is 0.417 e. The first-order chi connectivity index (χ1) is 34.4. The van der Waals surface area contributed by atoms with E-state index < -0.39 is 29.4 Å². The van der Waals surface area contributed by atoms with E-state index in [4.69, 9.17) is 38.4 Å². The fraction of sp³-hybridized carbons (Fsp3) is 0.661. The third kappa shape index (κ3) is 15.9. The predicted molar refractivity (Wildman–Crippen MR) is 276 cm³/mol. The van der Waals surface area contributed by atoms with Gasteiger partial charge in [0.15, 0.2) is 0 Å². The standard InChI is InChI=1S/C56H85N3O12/c1-8-10-11-12-13-14-15-16-17-24-51(63)59(29-34-67-35-32-62)50-39-47(58-71-55(3,4)5)44-36-40(22-18-20-30-60)43(23-19-21-31-61)52-45-37-42(26-28-48(45)70-56(50,53(44)52)68-33-9-2)69-54(64)57-46-27-25-41(65-6)38-49(46)66-7/h9,25-28,36-38,40,43,50,52-53,60-62H,2,8,10-24,29-35,39H2,1,3-7H3,(H,57,64). The molecule has 2 aromatic carbocycles. The van der Waals surface area contributed by atoms with Crippen LogP contribution in [0.15, 0.2) is 65.9 Å². The Kier molecular flexibility index (Phi) is 23.5. The summed E-state index contributed by atoms with van der Waals surface area (Å²) in [6, 6.07) is 9.72. The summed E-state index contributed by atoms with van der Waals surface area (Å²) >= 11 is 0. The molecule has 2 aromatic rings. The van der Waals surface area contributed by atoms with E-state index in [1.54, 1.807) is 37.5 Å². The van der Waals surface area contributed by atoms with Gasteiger partial charge in [0.2, 0.25) is 11.7 Å². The van der Waals surface area contributed by atoms with Gasteiger partial charge in [0.25, 0.3) is 0 Å². The minimum Gasteiger partial charge on any atom is -0.497 e. The molecule has 0 bridgehead atoms. The number of oxime groups is 1. The summed E-state index contributed by atoms with van der Waals surface area (Å²) < 4.78 is 37.3. The van der Waals surface area contributed by atoms with Crippen LogP contribution >= 0.6 is 0 Å². The Morgan fingerprint density at radius 1 is 0.873 bits per heavy atom. The van der Waals surface area contributed by atoms with Crippen molar-refractivity contribution in [2.75, 3.05) is 65.7 Å². The lowest BCUT2D eigenvalue weighted by Crippen LogP contribution is -2.70. The zero-order valence-electron chi connectivity index (χ0n) is 43.6. The van der Waals surface area contributed by atoms with Crippen molar-refractivity contribution in [2.24, 2.45) is 22.9 Å². The van der Waals surface area contributed by atoms with E-state index in [1.807, 2.05) is 37.8 Å². The van der Waals surface area contributed by atoms with Crippen LogP contribution in [0.3, 0.4) is 0 Å². The van der Waals surface area contributed by atoms with E-state index >= 15 is 0 Å². The number of rotatable bonds is 32. The molecule has 6 atom stereocenters. The van der Waals surface area contributed by atoms with Gasteiger partial charge in [-0.2, -0.15) is 0 Å². The number of hydrogen-bond donors (Lipinski definition) is 4. The number of amides is 2. The van der Waals surface area contributed by atoms with Crippen LogP contribution in [0.25, 0.3) is 0 Å². The van der Waals surface area contributed by atoms with Crippen molar-refractivity contribution in [2.45, 2.75) is 160 Å². The molecule has 0 saturated heterocycles. The van der Waals surface area contributed by atoms with Gasteiger partial charge in [-0.05, 0) is 101 Å². The van der Waals surface area contributed by atoms with Crippen LogP contribution in [0, 0.1) is 17.8 Å². The first-order valence-corrected chi connectivity index (χ1v) is 26.3. The maximum atomic E-state index is 15.0. The molecule has 2 aliphatic carbocycles. The molecule has 1 fully saturated rings. The van der Waals surface area contributed by atoms with Crippen molar-refractivity contribution < 1.29 is 58.2 Å². The summed E-state index contributed by atoms with van der Waals surface area (Å²) in [5, 5.41) is 37.5. The number of allylic oxidation sites excluding steroid dienone is 1. The third-order valence-electron chi connectivity index (χ3n) is 13.8. The third-order valence-corrected chi connectivity index (χ3v) is 13.8. The van der Waals surface area contributed by atoms with Crippen molar-refractivity contribution >= 4 is 23.4 Å². The highest BCUT2D eigenvalue weighted by Crippen LogP contribution is 2.62. The van der Waals surface area contributed by atoms with Gasteiger partial charge in [0.05, 0.1) is 58.0 Å². The Hall–Kier alpha value is -4.67. The van der Waals surface area contributed by atoms with Crippen LogP contribution in [-0.4, -0.2) is 116 Å². The number of hydrogen-bond acceptors (Lipinski definition) is 13. The highest BCUT2D eigenvalue weighted by atomic mass is 16.7. The van der Waals surface area contributed by atoms with Gasteiger partial charge in [-0.1, -0.05) is 88.4 Å². The molecular weight excluding hydrogens is 907 g/mol. The van der Waals surface area contributed by atoms with Crippen molar-refractivity contribution in [3.05, 3.63) is 66.3 Å². The summed E-state index contributed by atoms with van der Waals surface area (Å²) in [7, 11) is 3.06. The van der Waals surface area contributed by atoms with Crippen molar-refractivity contribution in [1.82, 2.24) is 4.90 Å². The number of carbonyl (C=O) groups excluding carboxylic acids is 2. The van der Waals surface area contributed by atoms with Crippen molar-refractivity contribution in [1.29, 1.82) is 0 Å². The van der Waals surface area contributed by atoms with E-state index in [9.17, 15) is 24.9 Å². The van der Waals surface area contributed by atoms with E-state index in [-0.39, 0.29) is 82.0 Å². The minimum atomic E-state index is -1.47. The Bertz CT molecular complexity index is 2040. The van der Waals surface area contributed by atoms with Crippen LogP contribution in [0.5, 0.6) is 23.0 Å². The van der Waals surface area contributed by atoms with E-state index in [2.05, 4.69) is 24.9 Å². The number of carbonyl (C=O) groups is 2. The molecule has 2 amide bonds. The summed E-state index contributed by atoms with van der Waals surface area (Å²) in [4.78, 5) is 36.8. The van der Waals surface area contributed by atoms with Gasteiger partial charge in [0, 0.05) is 50.1 Å². The number of methoxy groups -OCH3 is 2. The molecule has 4 N–H and O–H groups in total. The van der Waals surface area contributed by atoms with Crippen molar-refractivity contribution in [3.63, 3.8) is 0 Å². The lowest BCUT2D eigenvalue weighted by molar-refractivity contribution is -0.258. The molecule has 15 heteroatoms. The second-order valence-electron chi connectivity index (χ2n) is 20.1. The Morgan fingerprint density at radius 3 is 2.24 bits per heavy atom. The Balaban J connectivity index is 1.66. The monoisotopic (exact) mass is 992 g/mol. The van der Waals surface area contributed by atoms with E-state index in [1.165, 1.54) is 39.2 Å². The number of aliphatic hydroxyl groups is 3. The number of nitrogens with one attached hydrogen (secondary N) is 1. The first kappa shape index (κ1) is 57.2. The lowest BCUT2D eigenvalue weighted by atomic mass is 9.55. The molecule has 396 valence electrons. The zero-order valence-corrected chi connectivity index (χ0v) is 43.6. The number of unbranched alkanes of at least 4 members (excludes halogenated alkanes) is 10. The van der Waals surface area contributed by atoms with Crippen LogP contribution in [-0.2, 0) is 19.1 Å². The first-order valence-electron chi connectivity index (χ1n) is 26.3. The van der Waals surface area contributed by atoms with Gasteiger partial charge in [-0.15, -0.1) is 6.58 Å². The van der Waals surface area contributed by atoms with Gasteiger partial charge in [0.1, 0.15) is 34.6 Å². The SMILES string of the molecule is C=CCOC12Oc3ccc(OC(=O)Nc4ccc(OC)cc4OC)cc3C3C(CCCCO)C(CCCCO)C=C(C(=NOC(C)(C)C)CC1N(CCOCCO)C(=O)CCCCCCCCCCC)C32. The molecule has 3 aliphatic rings. The molecular formula is C56H85N3O12. The molecule has 1 aliphatic heterocycles. The summed E-state index contributed by atoms with van der Waals surface area (Å²) in [6.45, 7) is 12.7. The number of anilines is 1. The van der Waals surface area contributed by atoms with Gasteiger partial charge >= 0.3 is 6.09 Å². The van der Waals surface area contributed by atoms with Crippen LogP contribution in [0.4, 0.5) is 10.5 Å². The fourth-order valence-corrected chi connectivity index (χ4v) is 10.6. The Morgan fingerprint density at radius 2 is 1.58 bits per heavy atom. The highest BCUT2D eigenvalue weighted by Gasteiger charge is 2.65. The van der Waals surface area contributed by atoms with E-state index in [0.717, 1.165) is 62.5 Å². The van der Waals surface area contributed by atoms with Crippen molar-refractivity contribution in [3.8, 4) is 23.0 Å². The molecule has 71 heavy (non-hydrogen) atoms. The van der Waals surface area contributed by atoms with Crippen LogP contribution < -0.4 is 24.3 Å². The molecule has 5 rings (SSSR count). The summed E-state index contributed by atoms with van der Waals surface area (Å²) in [6.07, 6.45) is 18.2. The minimum absolute atomic E-state index is 0.00241. The zero-order chi connectivity index (χ0) is 51.2. The molecule has 15 nitrogen and oxygen atoms in total.